The van der Waals surface area contributed by atoms with Gasteiger partial charge in [-0.2, -0.15) is 0 Å². The second-order valence-corrected chi connectivity index (χ2v) is 7.56. The van der Waals surface area contributed by atoms with Gasteiger partial charge < -0.3 is 0 Å². The van der Waals surface area contributed by atoms with Crippen LogP contribution in [0, 0.1) is 0 Å². The Hall–Kier alpha value is -3.07. The van der Waals surface area contributed by atoms with Gasteiger partial charge in [0.25, 0.3) is 0 Å². The molecule has 0 aliphatic heterocycles. The zero-order chi connectivity index (χ0) is 21.3. The maximum atomic E-state index is 4.89. The molecule has 1 heterocycles. The molecule has 0 fully saturated rings. The largest absolute Gasteiger partial charge is 0.251 e. The molecule has 0 unspecified atom stereocenters. The molecule has 1 aromatic heterocycles. The fraction of sp³-hybridized carbons (Fsp3) is 0.296. The normalized spacial score (nSPS) is 12.3. The van der Waals surface area contributed by atoms with Crippen LogP contribution in [0.5, 0.6) is 0 Å². The molecular weight excluding hydrogens is 366 g/mol. The highest BCUT2D eigenvalue weighted by atomic mass is 14.8. The Kier molecular flexibility index (Phi) is 7.67. The number of aromatic nitrogens is 1. The fourth-order valence-electron chi connectivity index (χ4n) is 3.51. The minimum Gasteiger partial charge on any atom is -0.251 e. The Morgan fingerprint density at radius 3 is 1.50 bits per heavy atom. The van der Waals surface area contributed by atoms with Crippen molar-refractivity contribution in [2.24, 2.45) is 9.98 Å². The Morgan fingerprint density at radius 1 is 0.633 bits per heavy atom. The van der Waals surface area contributed by atoms with Crippen molar-refractivity contribution in [2.75, 3.05) is 0 Å². The van der Waals surface area contributed by atoms with Crippen LogP contribution in [0.4, 0.5) is 11.4 Å². The fourth-order valence-corrected chi connectivity index (χ4v) is 3.51. The van der Waals surface area contributed by atoms with Gasteiger partial charge in [0.2, 0.25) is 0 Å². The lowest BCUT2D eigenvalue weighted by Crippen LogP contribution is -2.05. The Balaban J connectivity index is 1.91. The lowest BCUT2D eigenvalue weighted by Gasteiger charge is -2.08. The molecule has 30 heavy (non-hydrogen) atoms. The van der Waals surface area contributed by atoms with Gasteiger partial charge in [-0.15, -0.1) is 0 Å². The Bertz CT molecular complexity index is 966. The van der Waals surface area contributed by atoms with Crippen LogP contribution < -0.4 is 0 Å². The number of hydrogen-bond acceptors (Lipinski definition) is 3. The summed E-state index contributed by atoms with van der Waals surface area (Å²) in [6.07, 6.45) is 4.27. The topological polar surface area (TPSA) is 37.6 Å². The van der Waals surface area contributed by atoms with E-state index in [0.29, 0.717) is 0 Å². The summed E-state index contributed by atoms with van der Waals surface area (Å²) in [5.41, 5.74) is 8.22. The van der Waals surface area contributed by atoms with E-state index < -0.39 is 0 Å². The Morgan fingerprint density at radius 2 is 1.07 bits per heavy atom. The molecule has 0 atom stereocenters. The van der Waals surface area contributed by atoms with Crippen molar-refractivity contribution in [3.8, 4) is 0 Å². The first-order chi connectivity index (χ1) is 14.6. The van der Waals surface area contributed by atoms with E-state index in [1.807, 2.05) is 44.2 Å². The van der Waals surface area contributed by atoms with Crippen molar-refractivity contribution in [3.05, 3.63) is 89.2 Å². The van der Waals surface area contributed by atoms with Crippen LogP contribution >= 0.6 is 0 Å². The molecular formula is C27H31N3. The van der Waals surface area contributed by atoms with Gasteiger partial charge in [-0.3, -0.25) is 9.98 Å². The summed E-state index contributed by atoms with van der Waals surface area (Å²) in [6.45, 7) is 8.44. The molecule has 3 aromatic rings. The van der Waals surface area contributed by atoms with E-state index in [-0.39, 0.29) is 0 Å². The van der Waals surface area contributed by atoms with Gasteiger partial charge in [-0.1, -0.05) is 69.2 Å². The summed E-state index contributed by atoms with van der Waals surface area (Å²) >= 11 is 0. The minimum absolute atomic E-state index is 0.884. The first kappa shape index (κ1) is 21.6. The van der Waals surface area contributed by atoms with Crippen LogP contribution in [-0.2, 0) is 12.8 Å². The molecule has 3 rings (SSSR count). The summed E-state index contributed by atoms with van der Waals surface area (Å²) in [7, 11) is 0. The van der Waals surface area contributed by atoms with Crippen molar-refractivity contribution >= 4 is 22.8 Å². The Labute approximate surface area is 180 Å². The second kappa shape index (κ2) is 10.6. The van der Waals surface area contributed by atoms with Crippen LogP contribution in [0.3, 0.4) is 0 Å². The highest BCUT2D eigenvalue weighted by Gasteiger charge is 2.07. The van der Waals surface area contributed by atoms with E-state index in [2.05, 4.69) is 50.2 Å². The molecule has 0 spiro atoms. The van der Waals surface area contributed by atoms with Crippen LogP contribution in [0.25, 0.3) is 0 Å². The molecule has 154 valence electrons. The van der Waals surface area contributed by atoms with Crippen LogP contribution in [0.2, 0.25) is 0 Å². The molecule has 0 N–H and O–H groups in total. The zero-order valence-corrected chi connectivity index (χ0v) is 18.5. The molecule has 3 heteroatoms. The molecule has 0 amide bonds. The van der Waals surface area contributed by atoms with Crippen molar-refractivity contribution in [1.29, 1.82) is 0 Å². The molecule has 0 radical (unpaired) electrons. The number of aliphatic imine (C=N–C) groups is 2. The van der Waals surface area contributed by atoms with Crippen molar-refractivity contribution in [3.63, 3.8) is 0 Å². The predicted octanol–water partition coefficient (Wildman–Crippen LogP) is 7.27. The number of rotatable bonds is 8. The van der Waals surface area contributed by atoms with E-state index >= 15 is 0 Å². The lowest BCUT2D eigenvalue weighted by molar-refractivity contribution is 0.921. The van der Waals surface area contributed by atoms with E-state index in [0.717, 1.165) is 59.9 Å². The highest BCUT2D eigenvalue weighted by molar-refractivity contribution is 6.02. The summed E-state index contributed by atoms with van der Waals surface area (Å²) in [5.74, 6) is 0. The average molecular weight is 398 g/mol. The monoisotopic (exact) mass is 397 g/mol. The van der Waals surface area contributed by atoms with Crippen molar-refractivity contribution in [2.45, 2.75) is 53.4 Å². The van der Waals surface area contributed by atoms with Crippen molar-refractivity contribution < 1.29 is 0 Å². The number of para-hydroxylation sites is 2. The molecule has 0 saturated heterocycles. The second-order valence-electron chi connectivity index (χ2n) is 7.56. The van der Waals surface area contributed by atoms with Gasteiger partial charge in [-0.05, 0) is 62.1 Å². The molecule has 0 bridgehead atoms. The predicted molar refractivity (Wildman–Crippen MR) is 129 cm³/mol. The molecule has 0 aliphatic rings. The number of aryl methyl sites for hydroxylation is 2. The van der Waals surface area contributed by atoms with Gasteiger partial charge in [0.05, 0.1) is 34.2 Å². The summed E-state index contributed by atoms with van der Waals surface area (Å²) in [4.78, 5) is 14.6. The molecule has 0 aliphatic carbocycles. The van der Waals surface area contributed by atoms with E-state index in [1.165, 1.54) is 11.1 Å². The maximum Gasteiger partial charge on any atom is 0.0849 e. The average Bonchev–Trinajstić information content (AvgIpc) is 2.77. The minimum atomic E-state index is 0.884. The first-order valence-electron chi connectivity index (χ1n) is 10.9. The highest BCUT2D eigenvalue weighted by Crippen LogP contribution is 2.23. The summed E-state index contributed by atoms with van der Waals surface area (Å²) in [6, 6.07) is 22.8. The SMILES string of the molecule is CCCc1ccccc1N=C(C)c1cccc(C(C)=Nc2ccccc2CCC)n1. The molecule has 2 aromatic carbocycles. The quantitative estimate of drug-likeness (QED) is 0.368. The first-order valence-corrected chi connectivity index (χ1v) is 10.9. The molecule has 0 saturated carbocycles. The van der Waals surface area contributed by atoms with Crippen LogP contribution in [-0.4, -0.2) is 16.4 Å². The van der Waals surface area contributed by atoms with Crippen molar-refractivity contribution in [1.82, 2.24) is 4.98 Å². The van der Waals surface area contributed by atoms with E-state index in [9.17, 15) is 0 Å². The maximum absolute atomic E-state index is 4.89. The number of nitrogens with zero attached hydrogens (tertiary/aromatic N) is 3. The van der Waals surface area contributed by atoms with Gasteiger partial charge in [-0.25, -0.2) is 4.98 Å². The van der Waals surface area contributed by atoms with Gasteiger partial charge in [0.15, 0.2) is 0 Å². The third kappa shape index (κ3) is 5.50. The van der Waals surface area contributed by atoms with Gasteiger partial charge >= 0.3 is 0 Å². The summed E-state index contributed by atoms with van der Waals surface area (Å²) in [5, 5.41) is 0. The van der Waals surface area contributed by atoms with E-state index in [4.69, 9.17) is 15.0 Å². The molecule has 3 nitrogen and oxygen atoms in total. The number of benzene rings is 2. The smallest absolute Gasteiger partial charge is 0.0849 e. The van der Waals surface area contributed by atoms with E-state index in [1.54, 1.807) is 0 Å². The zero-order valence-electron chi connectivity index (χ0n) is 18.5. The van der Waals surface area contributed by atoms with Crippen LogP contribution in [0.15, 0.2) is 76.7 Å². The number of pyridine rings is 1. The van der Waals surface area contributed by atoms with Gasteiger partial charge in [0, 0.05) is 0 Å². The lowest BCUT2D eigenvalue weighted by atomic mass is 10.1. The number of hydrogen-bond donors (Lipinski definition) is 0. The standard InChI is InChI=1S/C27H31N3/c1-5-12-22-14-7-9-16-26(22)28-20(3)24-18-11-19-25(30-24)21(4)29-27-17-10-8-15-23(27)13-6-2/h7-11,14-19H,5-6,12-13H2,1-4H3. The third-order valence-corrected chi connectivity index (χ3v) is 5.09. The summed E-state index contributed by atoms with van der Waals surface area (Å²) < 4.78 is 0. The van der Waals surface area contributed by atoms with Gasteiger partial charge in [0.1, 0.15) is 0 Å². The third-order valence-electron chi connectivity index (χ3n) is 5.09. The van der Waals surface area contributed by atoms with Crippen LogP contribution in [0.1, 0.15) is 63.1 Å².